The van der Waals surface area contributed by atoms with Crippen molar-refractivity contribution in [3.05, 3.63) is 36.0 Å². The van der Waals surface area contributed by atoms with Gasteiger partial charge in [0.05, 0.1) is 0 Å². The Hall–Kier alpha value is -1.89. The van der Waals surface area contributed by atoms with Gasteiger partial charge in [-0.2, -0.15) is 28.6 Å². The number of benzene rings is 1. The normalized spacial score (nSPS) is 11.8. The number of hydrogen-bond acceptors (Lipinski definition) is 3. The summed E-state index contributed by atoms with van der Waals surface area (Å²) >= 11 is 0. The summed E-state index contributed by atoms with van der Waals surface area (Å²) in [6.07, 6.45) is -4.17. The van der Waals surface area contributed by atoms with Gasteiger partial charge in [0, 0.05) is 18.5 Å². The van der Waals surface area contributed by atoms with E-state index in [1.54, 1.807) is 0 Å². The Morgan fingerprint density at radius 3 is 2.52 bits per heavy atom. The number of rotatable bonds is 7. The maximum atomic E-state index is 12.0. The van der Waals surface area contributed by atoms with Crippen molar-refractivity contribution in [1.29, 1.82) is 0 Å². The quantitative estimate of drug-likeness (QED) is 0.771. The summed E-state index contributed by atoms with van der Waals surface area (Å²) in [7, 11) is 0. The molecule has 114 valence electrons. The molecule has 0 aliphatic rings. The number of hydrogen-bond donors (Lipinski definition) is 2. The van der Waals surface area contributed by atoms with Gasteiger partial charge in [-0.15, -0.1) is 0 Å². The van der Waals surface area contributed by atoms with Crippen LogP contribution in [0, 0.1) is 0 Å². The fourth-order valence-electron chi connectivity index (χ4n) is 1.99. The van der Waals surface area contributed by atoms with E-state index in [0.717, 1.165) is 17.0 Å². The van der Waals surface area contributed by atoms with Gasteiger partial charge >= 0.3 is 6.18 Å². The van der Waals surface area contributed by atoms with Gasteiger partial charge in [0.25, 0.3) is 0 Å². The SMILES string of the molecule is FC(F)(F)CCCCNCc1n[nH]nc1-c1ccccc1. The van der Waals surface area contributed by atoms with Gasteiger partial charge < -0.3 is 5.32 Å². The molecule has 1 aromatic carbocycles. The first-order valence-corrected chi connectivity index (χ1v) is 6.79. The third kappa shape index (κ3) is 5.18. The number of nitrogens with zero attached hydrogens (tertiary/aromatic N) is 2. The molecule has 21 heavy (non-hydrogen) atoms. The second kappa shape index (κ2) is 7.21. The van der Waals surface area contributed by atoms with Crippen LogP contribution in [0.5, 0.6) is 0 Å². The summed E-state index contributed by atoms with van der Waals surface area (Å²) < 4.78 is 36.0. The first-order valence-electron chi connectivity index (χ1n) is 6.79. The molecule has 7 heteroatoms. The van der Waals surface area contributed by atoms with Crippen LogP contribution in [-0.2, 0) is 6.54 Å². The summed E-state index contributed by atoms with van der Waals surface area (Å²) in [5, 5.41) is 13.9. The molecule has 2 rings (SSSR count). The highest BCUT2D eigenvalue weighted by atomic mass is 19.4. The lowest BCUT2D eigenvalue weighted by Crippen LogP contribution is -2.16. The van der Waals surface area contributed by atoms with Crippen molar-refractivity contribution >= 4 is 0 Å². The van der Waals surface area contributed by atoms with E-state index in [9.17, 15) is 13.2 Å². The van der Waals surface area contributed by atoms with Gasteiger partial charge in [-0.1, -0.05) is 30.3 Å². The highest BCUT2D eigenvalue weighted by Gasteiger charge is 2.25. The van der Waals surface area contributed by atoms with Crippen LogP contribution in [0.1, 0.15) is 25.0 Å². The molecule has 0 bridgehead atoms. The van der Waals surface area contributed by atoms with Crippen LogP contribution in [0.15, 0.2) is 30.3 Å². The topological polar surface area (TPSA) is 53.6 Å². The van der Waals surface area contributed by atoms with E-state index in [4.69, 9.17) is 0 Å². The van der Waals surface area contributed by atoms with E-state index in [-0.39, 0.29) is 6.42 Å². The zero-order valence-electron chi connectivity index (χ0n) is 11.5. The lowest BCUT2D eigenvalue weighted by atomic mass is 10.1. The summed E-state index contributed by atoms with van der Waals surface area (Å²) in [5.41, 5.74) is 2.48. The number of H-pyrrole nitrogens is 1. The molecule has 0 spiro atoms. The Morgan fingerprint density at radius 2 is 1.81 bits per heavy atom. The van der Waals surface area contributed by atoms with Crippen LogP contribution >= 0.6 is 0 Å². The van der Waals surface area contributed by atoms with Crippen molar-refractivity contribution in [2.24, 2.45) is 0 Å². The molecular weight excluding hydrogens is 281 g/mol. The number of halogens is 3. The molecule has 0 aliphatic heterocycles. The lowest BCUT2D eigenvalue weighted by Gasteiger charge is -2.06. The first-order chi connectivity index (χ1) is 10.1. The molecule has 2 N–H and O–H groups in total. The van der Waals surface area contributed by atoms with Crippen molar-refractivity contribution in [2.45, 2.75) is 32.0 Å². The molecule has 4 nitrogen and oxygen atoms in total. The summed E-state index contributed by atoms with van der Waals surface area (Å²) in [6.45, 7) is 1.00. The summed E-state index contributed by atoms with van der Waals surface area (Å²) in [5.74, 6) is 0. The molecule has 0 amide bonds. The average molecular weight is 298 g/mol. The Kier molecular flexibility index (Phi) is 5.32. The van der Waals surface area contributed by atoms with E-state index in [1.807, 2.05) is 30.3 Å². The number of aromatic amines is 1. The molecule has 0 saturated heterocycles. The molecule has 0 radical (unpaired) electrons. The fraction of sp³-hybridized carbons (Fsp3) is 0.429. The first kappa shape index (κ1) is 15.5. The number of unbranched alkanes of at least 4 members (excludes halogenated alkanes) is 1. The van der Waals surface area contributed by atoms with E-state index in [2.05, 4.69) is 20.7 Å². The monoisotopic (exact) mass is 298 g/mol. The summed E-state index contributed by atoms with van der Waals surface area (Å²) in [4.78, 5) is 0. The maximum Gasteiger partial charge on any atom is 0.389 e. The minimum atomic E-state index is -4.06. The van der Waals surface area contributed by atoms with Crippen LogP contribution in [0.25, 0.3) is 11.3 Å². The molecule has 2 aromatic rings. The molecule has 0 aliphatic carbocycles. The Morgan fingerprint density at radius 1 is 1.05 bits per heavy atom. The van der Waals surface area contributed by atoms with Crippen molar-refractivity contribution in [2.75, 3.05) is 6.54 Å². The van der Waals surface area contributed by atoms with E-state index < -0.39 is 12.6 Å². The van der Waals surface area contributed by atoms with Gasteiger partial charge in [0.1, 0.15) is 11.4 Å². The largest absolute Gasteiger partial charge is 0.389 e. The predicted molar refractivity (Wildman–Crippen MR) is 73.4 cm³/mol. The molecule has 0 unspecified atom stereocenters. The number of nitrogens with one attached hydrogen (secondary N) is 2. The van der Waals surface area contributed by atoms with Gasteiger partial charge in [0.15, 0.2) is 0 Å². The molecular formula is C14H17F3N4. The fourth-order valence-corrected chi connectivity index (χ4v) is 1.99. The number of alkyl halides is 3. The third-order valence-corrected chi connectivity index (χ3v) is 3.02. The van der Waals surface area contributed by atoms with Gasteiger partial charge in [-0.25, -0.2) is 0 Å². The lowest BCUT2D eigenvalue weighted by molar-refractivity contribution is -0.135. The minimum absolute atomic E-state index is 0.140. The molecule has 1 heterocycles. The third-order valence-electron chi connectivity index (χ3n) is 3.02. The minimum Gasteiger partial charge on any atom is -0.311 e. The van der Waals surface area contributed by atoms with Crippen LogP contribution in [0.3, 0.4) is 0 Å². The van der Waals surface area contributed by atoms with Crippen LogP contribution < -0.4 is 5.32 Å². The Bertz CT molecular complexity index is 537. The second-order valence-electron chi connectivity index (χ2n) is 4.73. The molecule has 0 saturated carbocycles. The Balaban J connectivity index is 1.76. The zero-order chi connectivity index (χ0) is 15.1. The zero-order valence-corrected chi connectivity index (χ0v) is 11.5. The van der Waals surface area contributed by atoms with Crippen LogP contribution in [0.2, 0.25) is 0 Å². The van der Waals surface area contributed by atoms with Crippen molar-refractivity contribution in [3.8, 4) is 11.3 Å². The highest BCUT2D eigenvalue weighted by Crippen LogP contribution is 2.22. The standard InChI is InChI=1S/C14H17F3N4/c15-14(16,17)8-4-5-9-18-10-12-13(20-21-19-12)11-6-2-1-3-7-11/h1-3,6-7,18H,4-5,8-10H2,(H,19,20,21). The Labute approximate surface area is 120 Å². The van der Waals surface area contributed by atoms with Gasteiger partial charge in [0.2, 0.25) is 0 Å². The average Bonchev–Trinajstić information content (AvgIpc) is 2.91. The number of aromatic nitrogens is 3. The van der Waals surface area contributed by atoms with E-state index in [1.165, 1.54) is 0 Å². The highest BCUT2D eigenvalue weighted by molar-refractivity contribution is 5.60. The van der Waals surface area contributed by atoms with Crippen molar-refractivity contribution in [1.82, 2.24) is 20.7 Å². The molecule has 0 fully saturated rings. The predicted octanol–water partition coefficient (Wildman–Crippen LogP) is 3.29. The van der Waals surface area contributed by atoms with E-state index in [0.29, 0.717) is 19.5 Å². The molecule has 1 aromatic heterocycles. The summed E-state index contributed by atoms with van der Waals surface area (Å²) in [6, 6.07) is 9.62. The second-order valence-corrected chi connectivity index (χ2v) is 4.73. The van der Waals surface area contributed by atoms with Crippen molar-refractivity contribution < 1.29 is 13.2 Å². The van der Waals surface area contributed by atoms with Gasteiger partial charge in [-0.3, -0.25) is 0 Å². The molecule has 0 atom stereocenters. The van der Waals surface area contributed by atoms with E-state index >= 15 is 0 Å². The van der Waals surface area contributed by atoms with Gasteiger partial charge in [-0.05, 0) is 19.4 Å². The smallest absolute Gasteiger partial charge is 0.311 e. The van der Waals surface area contributed by atoms with Crippen LogP contribution in [0.4, 0.5) is 13.2 Å². The maximum absolute atomic E-state index is 12.0. The van der Waals surface area contributed by atoms with Crippen LogP contribution in [-0.4, -0.2) is 28.1 Å². The van der Waals surface area contributed by atoms with Crippen molar-refractivity contribution in [3.63, 3.8) is 0 Å².